The van der Waals surface area contributed by atoms with Gasteiger partial charge in [-0.3, -0.25) is 9.59 Å². The normalized spacial score (nSPS) is 14.5. The second-order valence-electron chi connectivity index (χ2n) is 10.5. The number of ether oxygens (including phenoxy) is 2. The zero-order valence-electron chi connectivity index (χ0n) is 23.9. The molecule has 4 aromatic carbocycles. The second-order valence-corrected chi connectivity index (χ2v) is 11.4. The zero-order chi connectivity index (χ0) is 30.6. The molecule has 0 atom stereocenters. The standard InChI is InChI=1S/C34H32Cl2N2O5/c1-42-30-14-10-24(18-28(30)35)20-34(21-25-11-15-31(43-2)29(36)19-25)33(41)37(22-23-8-12-27(39)13-9-23)16-17-38(34)32(40)26-6-4-3-5-7-26/h3-15,18-19,39H,16-17,20-22H2,1-2H3. The predicted octanol–water partition coefficient (Wildman–Crippen LogP) is 6.43. The van der Waals surface area contributed by atoms with Crippen molar-refractivity contribution >= 4 is 35.0 Å². The van der Waals surface area contributed by atoms with Crippen LogP contribution in [0.1, 0.15) is 27.0 Å². The topological polar surface area (TPSA) is 79.3 Å². The number of nitrogens with zero attached hydrogens (tertiary/aromatic N) is 2. The van der Waals surface area contributed by atoms with Gasteiger partial charge in [-0.05, 0) is 65.2 Å². The molecule has 5 rings (SSSR count). The van der Waals surface area contributed by atoms with Crippen LogP contribution < -0.4 is 9.47 Å². The molecule has 1 aliphatic heterocycles. The van der Waals surface area contributed by atoms with Gasteiger partial charge < -0.3 is 24.4 Å². The van der Waals surface area contributed by atoms with E-state index in [4.69, 9.17) is 32.7 Å². The van der Waals surface area contributed by atoms with Crippen LogP contribution in [-0.2, 0) is 24.2 Å². The summed E-state index contributed by atoms with van der Waals surface area (Å²) in [4.78, 5) is 32.5. The number of rotatable bonds is 9. The number of carbonyl (C=O) groups excluding carboxylic acids is 2. The second kappa shape index (κ2) is 13.0. The molecule has 7 nitrogen and oxygen atoms in total. The highest BCUT2D eigenvalue weighted by molar-refractivity contribution is 6.32. The molecule has 0 aromatic heterocycles. The van der Waals surface area contributed by atoms with E-state index in [2.05, 4.69) is 0 Å². The average Bonchev–Trinajstić information content (AvgIpc) is 3.01. The quantitative estimate of drug-likeness (QED) is 0.234. The van der Waals surface area contributed by atoms with Crippen molar-refractivity contribution in [1.29, 1.82) is 0 Å². The summed E-state index contributed by atoms with van der Waals surface area (Å²) in [6, 6.07) is 26.6. The lowest BCUT2D eigenvalue weighted by Crippen LogP contribution is -2.69. The van der Waals surface area contributed by atoms with Gasteiger partial charge in [0.1, 0.15) is 22.8 Å². The number of hydrogen-bond donors (Lipinski definition) is 1. The number of hydrogen-bond acceptors (Lipinski definition) is 5. The highest BCUT2D eigenvalue weighted by Crippen LogP contribution is 2.37. The molecule has 0 spiro atoms. The molecule has 1 heterocycles. The first-order valence-electron chi connectivity index (χ1n) is 13.8. The van der Waals surface area contributed by atoms with E-state index < -0.39 is 5.54 Å². The lowest BCUT2D eigenvalue weighted by atomic mass is 9.79. The fourth-order valence-electron chi connectivity index (χ4n) is 5.67. The van der Waals surface area contributed by atoms with Crippen LogP contribution in [-0.4, -0.2) is 59.6 Å². The van der Waals surface area contributed by atoms with Gasteiger partial charge in [-0.15, -0.1) is 0 Å². The molecule has 0 saturated carbocycles. The average molecular weight is 620 g/mol. The van der Waals surface area contributed by atoms with Gasteiger partial charge in [-0.25, -0.2) is 0 Å². The number of phenolic OH excluding ortho intramolecular Hbond substituents is 1. The summed E-state index contributed by atoms with van der Waals surface area (Å²) >= 11 is 13.1. The number of phenols is 1. The minimum atomic E-state index is -1.32. The van der Waals surface area contributed by atoms with Gasteiger partial charge in [-0.2, -0.15) is 0 Å². The molecule has 43 heavy (non-hydrogen) atoms. The monoisotopic (exact) mass is 618 g/mol. The molecule has 9 heteroatoms. The van der Waals surface area contributed by atoms with Crippen LogP contribution in [0.25, 0.3) is 0 Å². The number of amides is 2. The van der Waals surface area contributed by atoms with Crippen molar-refractivity contribution in [1.82, 2.24) is 9.80 Å². The van der Waals surface area contributed by atoms with Crippen LogP contribution in [0.15, 0.2) is 91.0 Å². The van der Waals surface area contributed by atoms with Crippen molar-refractivity contribution in [2.75, 3.05) is 27.3 Å². The third-order valence-corrected chi connectivity index (χ3v) is 8.39. The van der Waals surface area contributed by atoms with Crippen LogP contribution >= 0.6 is 23.2 Å². The van der Waals surface area contributed by atoms with E-state index in [0.717, 1.165) is 16.7 Å². The molecule has 2 amide bonds. The summed E-state index contributed by atoms with van der Waals surface area (Å²) in [5.41, 5.74) is 1.58. The van der Waals surface area contributed by atoms with E-state index in [1.165, 1.54) is 0 Å². The Hall–Kier alpha value is -4.20. The fraction of sp³-hybridized carbons (Fsp3) is 0.235. The van der Waals surface area contributed by atoms with E-state index >= 15 is 0 Å². The van der Waals surface area contributed by atoms with Crippen molar-refractivity contribution in [2.24, 2.45) is 0 Å². The van der Waals surface area contributed by atoms with E-state index in [0.29, 0.717) is 46.7 Å². The van der Waals surface area contributed by atoms with Gasteiger partial charge in [-0.1, -0.05) is 65.7 Å². The maximum absolute atomic E-state index is 14.9. The molecule has 0 unspecified atom stereocenters. The summed E-state index contributed by atoms with van der Waals surface area (Å²) in [5, 5.41) is 10.6. The van der Waals surface area contributed by atoms with Crippen molar-refractivity contribution < 1.29 is 24.2 Å². The maximum atomic E-state index is 14.9. The Bertz CT molecular complexity index is 1560. The Morgan fingerprint density at radius 3 is 1.84 bits per heavy atom. The lowest BCUT2D eigenvalue weighted by Gasteiger charge is -2.50. The van der Waals surface area contributed by atoms with E-state index in [1.54, 1.807) is 84.7 Å². The lowest BCUT2D eigenvalue weighted by molar-refractivity contribution is -0.149. The molecule has 0 bridgehead atoms. The number of halogens is 2. The van der Waals surface area contributed by atoms with Crippen molar-refractivity contribution in [3.63, 3.8) is 0 Å². The largest absolute Gasteiger partial charge is 0.508 e. The Morgan fingerprint density at radius 2 is 1.33 bits per heavy atom. The molecule has 0 aliphatic carbocycles. The van der Waals surface area contributed by atoms with Crippen LogP contribution in [0.4, 0.5) is 0 Å². The zero-order valence-corrected chi connectivity index (χ0v) is 25.4. The van der Waals surface area contributed by atoms with Crippen molar-refractivity contribution in [2.45, 2.75) is 24.9 Å². The highest BCUT2D eigenvalue weighted by Gasteiger charge is 2.51. The van der Waals surface area contributed by atoms with E-state index in [-0.39, 0.29) is 30.4 Å². The molecular weight excluding hydrogens is 587 g/mol. The molecule has 1 fully saturated rings. The summed E-state index contributed by atoms with van der Waals surface area (Å²) in [5.74, 6) is 0.744. The van der Waals surface area contributed by atoms with Gasteiger partial charge in [0.2, 0.25) is 5.91 Å². The Balaban J connectivity index is 1.64. The molecule has 1 aliphatic rings. The number of piperazine rings is 1. The molecule has 1 N–H and O–H groups in total. The smallest absolute Gasteiger partial charge is 0.254 e. The first-order valence-corrected chi connectivity index (χ1v) is 14.6. The Morgan fingerprint density at radius 1 is 0.791 bits per heavy atom. The van der Waals surface area contributed by atoms with E-state index in [9.17, 15) is 14.7 Å². The number of benzene rings is 4. The number of aromatic hydroxyl groups is 1. The first-order chi connectivity index (χ1) is 20.7. The molecule has 222 valence electrons. The predicted molar refractivity (Wildman–Crippen MR) is 167 cm³/mol. The van der Waals surface area contributed by atoms with Crippen LogP contribution in [0.2, 0.25) is 10.0 Å². The Kier molecular flexibility index (Phi) is 9.14. The molecular formula is C34H32Cl2N2O5. The fourth-order valence-corrected chi connectivity index (χ4v) is 6.23. The highest BCUT2D eigenvalue weighted by atomic mass is 35.5. The summed E-state index contributed by atoms with van der Waals surface area (Å²) < 4.78 is 10.7. The van der Waals surface area contributed by atoms with E-state index in [1.807, 2.05) is 30.3 Å². The van der Waals surface area contributed by atoms with Crippen LogP contribution in [0.5, 0.6) is 17.2 Å². The number of carbonyl (C=O) groups is 2. The molecule has 0 radical (unpaired) electrons. The van der Waals surface area contributed by atoms with Crippen molar-refractivity contribution in [3.8, 4) is 17.2 Å². The molecule has 4 aromatic rings. The van der Waals surface area contributed by atoms with Gasteiger partial charge in [0.15, 0.2) is 0 Å². The third kappa shape index (κ3) is 6.43. The SMILES string of the molecule is COc1ccc(CC2(Cc3ccc(OC)c(Cl)c3)C(=O)N(Cc3ccc(O)cc3)CCN2C(=O)c2ccccc2)cc1Cl. The molecule has 1 saturated heterocycles. The van der Waals surface area contributed by atoms with Crippen LogP contribution in [0.3, 0.4) is 0 Å². The summed E-state index contributed by atoms with van der Waals surface area (Å²) in [6.45, 7) is 0.971. The Labute approximate surface area is 261 Å². The number of methoxy groups -OCH3 is 2. The van der Waals surface area contributed by atoms with Gasteiger partial charge >= 0.3 is 0 Å². The van der Waals surface area contributed by atoms with Gasteiger partial charge in [0.25, 0.3) is 5.91 Å². The summed E-state index contributed by atoms with van der Waals surface area (Å²) in [7, 11) is 3.09. The minimum absolute atomic E-state index is 0.149. The first kappa shape index (κ1) is 30.3. The van der Waals surface area contributed by atoms with Gasteiger partial charge in [0.05, 0.1) is 24.3 Å². The van der Waals surface area contributed by atoms with Crippen molar-refractivity contribution in [3.05, 3.63) is 123 Å². The maximum Gasteiger partial charge on any atom is 0.254 e. The third-order valence-electron chi connectivity index (χ3n) is 7.80. The summed E-state index contributed by atoms with van der Waals surface area (Å²) in [6.07, 6.45) is 0.397. The minimum Gasteiger partial charge on any atom is -0.508 e. The van der Waals surface area contributed by atoms with Gasteiger partial charge in [0, 0.05) is 38.0 Å². The van der Waals surface area contributed by atoms with Crippen LogP contribution in [0, 0.1) is 0 Å².